The third-order valence-corrected chi connectivity index (χ3v) is 8.24. The lowest BCUT2D eigenvalue weighted by Gasteiger charge is -2.48. The molecule has 1 aromatic rings. The molecule has 2 amide bonds. The van der Waals surface area contributed by atoms with Gasteiger partial charge in [0.05, 0.1) is 19.3 Å². The summed E-state index contributed by atoms with van der Waals surface area (Å²) in [5.74, 6) is 0.300. The van der Waals surface area contributed by atoms with Gasteiger partial charge in [0, 0.05) is 37.9 Å². The number of ether oxygens (including phenoxy) is 3. The van der Waals surface area contributed by atoms with Gasteiger partial charge in [0.15, 0.2) is 5.79 Å². The Hall–Kier alpha value is -2.29. The molecule has 36 heavy (non-hydrogen) atoms. The van der Waals surface area contributed by atoms with E-state index in [4.69, 9.17) is 14.2 Å². The number of thioether (sulfide) groups is 1. The van der Waals surface area contributed by atoms with Crippen molar-refractivity contribution in [3.05, 3.63) is 53.6 Å². The fraction of sp³-hybridized carbons (Fsp3) is 0.571. The highest BCUT2D eigenvalue weighted by Gasteiger charge is 2.53. The molecule has 0 radical (unpaired) electrons. The summed E-state index contributed by atoms with van der Waals surface area (Å²) in [6.45, 7) is 2.47. The summed E-state index contributed by atoms with van der Waals surface area (Å²) in [4.78, 5) is 27.7. The van der Waals surface area contributed by atoms with Crippen molar-refractivity contribution in [3.63, 3.8) is 0 Å². The van der Waals surface area contributed by atoms with E-state index >= 15 is 0 Å². The van der Waals surface area contributed by atoms with E-state index in [1.807, 2.05) is 36.1 Å². The Labute approximate surface area is 218 Å². The summed E-state index contributed by atoms with van der Waals surface area (Å²) >= 11 is 1.30. The summed E-state index contributed by atoms with van der Waals surface area (Å²) in [5.41, 5.74) is 2.08. The van der Waals surface area contributed by atoms with Crippen molar-refractivity contribution in [1.29, 1.82) is 0 Å². The van der Waals surface area contributed by atoms with Crippen molar-refractivity contribution < 1.29 is 23.8 Å². The smallest absolute Gasteiger partial charge is 0.282 e. The standard InChI is InChI=1S/C28H38N2O5S/c1-20-9-7-5-4-6-8-10-24-16-22(29-26(31)15-20)17-28(34-3,35-24)25-19-36-27(32)30(25)18-21-11-13-23(33-2)14-12-21/h4-5,11-15,22,24-25H,6-10,16-19H2,1-3H3,(H,29,31)/t22-,24?,25+,28-/m1/s1. The largest absolute Gasteiger partial charge is 0.497 e. The molecule has 0 aromatic heterocycles. The topological polar surface area (TPSA) is 77.1 Å². The van der Waals surface area contributed by atoms with Crippen molar-refractivity contribution >= 4 is 22.9 Å². The van der Waals surface area contributed by atoms with Crippen LogP contribution in [0.5, 0.6) is 5.75 Å². The zero-order valence-electron chi connectivity index (χ0n) is 21.5. The number of allylic oxidation sites excluding steroid dienone is 3. The van der Waals surface area contributed by atoms with Gasteiger partial charge in [-0.05, 0) is 63.1 Å². The summed E-state index contributed by atoms with van der Waals surface area (Å²) in [6.07, 6.45) is 12.0. The molecule has 3 heterocycles. The molecule has 196 valence electrons. The number of hydrogen-bond acceptors (Lipinski definition) is 6. The van der Waals surface area contributed by atoms with Crippen molar-refractivity contribution in [2.45, 2.75) is 82.4 Å². The second-order valence-corrected chi connectivity index (χ2v) is 10.9. The highest BCUT2D eigenvalue weighted by molar-refractivity contribution is 8.13. The van der Waals surface area contributed by atoms with E-state index in [0.717, 1.165) is 55.4 Å². The maximum absolute atomic E-state index is 13.0. The monoisotopic (exact) mass is 514 g/mol. The predicted octanol–water partition coefficient (Wildman–Crippen LogP) is 5.21. The number of methoxy groups -OCH3 is 2. The van der Waals surface area contributed by atoms with E-state index in [0.29, 0.717) is 18.7 Å². The Bertz CT molecular complexity index is 979. The molecular weight excluding hydrogens is 476 g/mol. The number of amides is 2. The molecule has 7 nitrogen and oxygen atoms in total. The number of hydrogen-bond donors (Lipinski definition) is 1. The van der Waals surface area contributed by atoms with E-state index in [-0.39, 0.29) is 29.3 Å². The van der Waals surface area contributed by atoms with Gasteiger partial charge in [0.2, 0.25) is 5.91 Å². The molecule has 1 unspecified atom stereocenters. The van der Waals surface area contributed by atoms with Crippen LogP contribution in [0, 0.1) is 0 Å². The van der Waals surface area contributed by atoms with Crippen LogP contribution in [-0.4, -0.2) is 60.0 Å². The minimum absolute atomic E-state index is 0.0180. The zero-order chi connectivity index (χ0) is 25.5. The van der Waals surface area contributed by atoms with Gasteiger partial charge in [-0.25, -0.2) is 0 Å². The third kappa shape index (κ3) is 6.52. The zero-order valence-corrected chi connectivity index (χ0v) is 22.4. The fourth-order valence-corrected chi connectivity index (χ4v) is 6.45. The highest BCUT2D eigenvalue weighted by atomic mass is 32.2. The van der Waals surface area contributed by atoms with Crippen LogP contribution >= 0.6 is 11.8 Å². The number of nitrogens with one attached hydrogen (secondary N) is 1. The molecule has 2 saturated heterocycles. The second-order valence-electron chi connectivity index (χ2n) is 9.90. The number of benzene rings is 1. The van der Waals surface area contributed by atoms with Crippen molar-refractivity contribution in [3.8, 4) is 5.75 Å². The average Bonchev–Trinajstić information content (AvgIpc) is 3.23. The lowest BCUT2D eigenvalue weighted by Crippen LogP contribution is -2.62. The van der Waals surface area contributed by atoms with Gasteiger partial charge in [-0.2, -0.15) is 0 Å². The third-order valence-electron chi connectivity index (χ3n) is 7.28. The maximum atomic E-state index is 13.0. The van der Waals surface area contributed by atoms with Gasteiger partial charge < -0.3 is 24.4 Å². The molecule has 3 aliphatic rings. The quantitative estimate of drug-likeness (QED) is 0.544. The lowest BCUT2D eigenvalue weighted by molar-refractivity contribution is -0.294. The molecule has 1 aromatic carbocycles. The molecule has 4 atom stereocenters. The van der Waals surface area contributed by atoms with Crippen LogP contribution in [0.25, 0.3) is 0 Å². The number of carbonyl (C=O) groups excluding carboxylic acids is 2. The molecule has 1 N–H and O–H groups in total. The SMILES string of the molecule is COc1ccc(CN2C(=O)SC[C@H]2[C@@]2(OC)C[C@H]3CC(CCCC=CCCC(C)=CC(=O)N3)O2)cc1. The van der Waals surface area contributed by atoms with Gasteiger partial charge in [-0.3, -0.25) is 9.59 Å². The average molecular weight is 515 g/mol. The minimum Gasteiger partial charge on any atom is -0.497 e. The van der Waals surface area contributed by atoms with E-state index in [1.54, 1.807) is 20.3 Å². The Morgan fingerprint density at radius 2 is 1.94 bits per heavy atom. The number of rotatable bonds is 5. The molecule has 3 aliphatic heterocycles. The first kappa shape index (κ1) is 26.8. The van der Waals surface area contributed by atoms with Gasteiger partial charge >= 0.3 is 0 Å². The molecule has 8 heteroatoms. The first-order valence-corrected chi connectivity index (χ1v) is 13.8. The van der Waals surface area contributed by atoms with E-state index in [9.17, 15) is 9.59 Å². The van der Waals surface area contributed by atoms with Crippen LogP contribution in [0.1, 0.15) is 57.4 Å². The predicted molar refractivity (Wildman–Crippen MR) is 142 cm³/mol. The Kier molecular flexibility index (Phi) is 9.14. The van der Waals surface area contributed by atoms with E-state index in [1.165, 1.54) is 11.8 Å². The van der Waals surface area contributed by atoms with Crippen molar-refractivity contribution in [2.75, 3.05) is 20.0 Å². The minimum atomic E-state index is -0.988. The molecule has 0 spiro atoms. The maximum Gasteiger partial charge on any atom is 0.282 e. The first-order valence-electron chi connectivity index (χ1n) is 12.8. The summed E-state index contributed by atoms with van der Waals surface area (Å²) < 4.78 is 18.1. The van der Waals surface area contributed by atoms with Crippen LogP contribution in [0.2, 0.25) is 0 Å². The van der Waals surface area contributed by atoms with Gasteiger partial charge in [0.1, 0.15) is 5.75 Å². The van der Waals surface area contributed by atoms with Crippen LogP contribution < -0.4 is 10.1 Å². The van der Waals surface area contributed by atoms with Crippen LogP contribution in [0.4, 0.5) is 4.79 Å². The molecule has 2 fully saturated rings. The van der Waals surface area contributed by atoms with Crippen LogP contribution in [0.15, 0.2) is 48.1 Å². The van der Waals surface area contributed by atoms with Gasteiger partial charge in [-0.15, -0.1) is 0 Å². The number of carbonyl (C=O) groups is 2. The molecule has 0 aliphatic carbocycles. The Morgan fingerprint density at radius 3 is 2.69 bits per heavy atom. The molecule has 2 bridgehead atoms. The highest BCUT2D eigenvalue weighted by Crippen LogP contribution is 2.42. The normalized spacial score (nSPS) is 29.9. The van der Waals surface area contributed by atoms with E-state index in [2.05, 4.69) is 17.5 Å². The second kappa shape index (κ2) is 12.3. The molecular formula is C28H38N2O5S. The van der Waals surface area contributed by atoms with Gasteiger partial charge in [0.25, 0.3) is 5.24 Å². The molecule has 4 rings (SSSR count). The van der Waals surface area contributed by atoms with Gasteiger partial charge in [-0.1, -0.05) is 41.6 Å². The van der Waals surface area contributed by atoms with E-state index < -0.39 is 5.79 Å². The lowest BCUT2D eigenvalue weighted by atomic mass is 9.89. The summed E-state index contributed by atoms with van der Waals surface area (Å²) in [6, 6.07) is 7.41. The van der Waals surface area contributed by atoms with Crippen molar-refractivity contribution in [2.24, 2.45) is 0 Å². The summed E-state index contributed by atoms with van der Waals surface area (Å²) in [7, 11) is 3.30. The van der Waals surface area contributed by atoms with Crippen molar-refractivity contribution in [1.82, 2.24) is 10.2 Å². The number of fused-ring (bicyclic) bond motifs is 2. The Balaban J connectivity index is 1.58. The fourth-order valence-electron chi connectivity index (χ4n) is 5.36. The van der Waals surface area contributed by atoms with Crippen LogP contribution in [0.3, 0.4) is 0 Å². The van der Waals surface area contributed by atoms with Crippen LogP contribution in [-0.2, 0) is 20.8 Å². The summed E-state index contributed by atoms with van der Waals surface area (Å²) in [5, 5.41) is 3.23. The molecule has 0 saturated carbocycles. The first-order chi connectivity index (χ1) is 17.4. The number of nitrogens with zero attached hydrogens (tertiary/aromatic N) is 1. The Morgan fingerprint density at radius 1 is 1.17 bits per heavy atom.